The van der Waals surface area contributed by atoms with Crippen LogP contribution < -0.4 is 10.2 Å². The Bertz CT molecular complexity index is 565. The Balaban J connectivity index is 1.98. The number of carbonyl (C=O) groups excluding carboxylic acids is 2. The molecular formula is C14H15ClN2O2. The number of halogens is 1. The van der Waals surface area contributed by atoms with Crippen LogP contribution in [0.1, 0.15) is 31.2 Å². The van der Waals surface area contributed by atoms with Gasteiger partial charge in [0, 0.05) is 5.02 Å². The van der Waals surface area contributed by atoms with Crippen molar-refractivity contribution in [3.8, 4) is 0 Å². The maximum absolute atomic E-state index is 12.5. The predicted molar refractivity (Wildman–Crippen MR) is 73.4 cm³/mol. The molecular weight excluding hydrogens is 264 g/mol. The van der Waals surface area contributed by atoms with Gasteiger partial charge >= 0.3 is 6.03 Å². The van der Waals surface area contributed by atoms with Crippen LogP contribution in [0, 0.1) is 6.92 Å². The molecule has 3 amide bonds. The number of hydrogen-bond donors (Lipinski definition) is 1. The molecule has 0 radical (unpaired) electrons. The minimum Gasteiger partial charge on any atom is -0.323 e. The molecule has 0 bridgehead atoms. The van der Waals surface area contributed by atoms with Crippen LogP contribution in [-0.4, -0.2) is 17.5 Å². The normalized spacial score (nSPS) is 21.3. The van der Waals surface area contributed by atoms with Crippen LogP contribution in [0.25, 0.3) is 0 Å². The van der Waals surface area contributed by atoms with Gasteiger partial charge in [-0.3, -0.25) is 4.79 Å². The van der Waals surface area contributed by atoms with Crippen molar-refractivity contribution in [3.05, 3.63) is 28.8 Å². The third-order valence-electron chi connectivity index (χ3n) is 4.03. The molecule has 1 N–H and O–H groups in total. The first-order valence-corrected chi connectivity index (χ1v) is 6.84. The summed E-state index contributed by atoms with van der Waals surface area (Å²) in [6.45, 7) is 1.89. The van der Waals surface area contributed by atoms with E-state index >= 15 is 0 Å². The van der Waals surface area contributed by atoms with E-state index in [1.54, 1.807) is 12.1 Å². The van der Waals surface area contributed by atoms with Gasteiger partial charge in [0.05, 0.1) is 5.69 Å². The molecule has 19 heavy (non-hydrogen) atoms. The highest BCUT2D eigenvalue weighted by molar-refractivity contribution is 6.32. The average Bonchev–Trinajstić information content (AvgIpc) is 2.91. The number of amides is 3. The number of anilines is 1. The van der Waals surface area contributed by atoms with Crippen molar-refractivity contribution in [2.45, 2.75) is 38.1 Å². The Morgan fingerprint density at radius 2 is 1.95 bits per heavy atom. The molecule has 3 rings (SSSR count). The van der Waals surface area contributed by atoms with E-state index in [4.69, 9.17) is 11.6 Å². The van der Waals surface area contributed by atoms with Gasteiger partial charge in [-0.15, -0.1) is 0 Å². The SMILES string of the molecule is Cc1ccc(N2C(=O)NC3(CCCC3)C2=O)cc1Cl. The summed E-state index contributed by atoms with van der Waals surface area (Å²) in [6, 6.07) is 4.90. The second-order valence-corrected chi connectivity index (χ2v) is 5.70. The Morgan fingerprint density at radius 1 is 1.26 bits per heavy atom. The van der Waals surface area contributed by atoms with Crippen molar-refractivity contribution in [2.75, 3.05) is 4.90 Å². The van der Waals surface area contributed by atoms with Crippen LogP contribution in [-0.2, 0) is 4.79 Å². The maximum atomic E-state index is 12.5. The molecule has 0 atom stereocenters. The fraction of sp³-hybridized carbons (Fsp3) is 0.429. The quantitative estimate of drug-likeness (QED) is 0.803. The zero-order valence-electron chi connectivity index (χ0n) is 10.7. The molecule has 5 heteroatoms. The van der Waals surface area contributed by atoms with Gasteiger partial charge in [0.15, 0.2) is 0 Å². The summed E-state index contributed by atoms with van der Waals surface area (Å²) in [5.41, 5.74) is 0.795. The lowest BCUT2D eigenvalue weighted by atomic mass is 9.98. The van der Waals surface area contributed by atoms with E-state index in [1.807, 2.05) is 13.0 Å². The molecule has 2 fully saturated rings. The number of nitrogens with zero attached hydrogens (tertiary/aromatic N) is 1. The summed E-state index contributed by atoms with van der Waals surface area (Å²) in [4.78, 5) is 25.8. The number of aryl methyl sites for hydroxylation is 1. The summed E-state index contributed by atoms with van der Waals surface area (Å²) >= 11 is 6.07. The Labute approximate surface area is 116 Å². The lowest BCUT2D eigenvalue weighted by Gasteiger charge is -2.20. The fourth-order valence-electron chi connectivity index (χ4n) is 2.89. The van der Waals surface area contributed by atoms with Crippen LogP contribution in [0.4, 0.5) is 10.5 Å². The summed E-state index contributed by atoms with van der Waals surface area (Å²) < 4.78 is 0. The number of benzene rings is 1. The molecule has 1 aromatic rings. The van der Waals surface area contributed by atoms with Crippen molar-refractivity contribution < 1.29 is 9.59 Å². The maximum Gasteiger partial charge on any atom is 0.329 e. The number of imide groups is 1. The van der Waals surface area contributed by atoms with Crippen LogP contribution in [0.15, 0.2) is 18.2 Å². The summed E-state index contributed by atoms with van der Waals surface area (Å²) in [7, 11) is 0. The van der Waals surface area contributed by atoms with Gasteiger partial charge in [-0.25, -0.2) is 9.69 Å². The van der Waals surface area contributed by atoms with Crippen molar-refractivity contribution in [1.82, 2.24) is 5.32 Å². The van der Waals surface area contributed by atoms with E-state index in [2.05, 4.69) is 5.32 Å². The summed E-state index contributed by atoms with van der Waals surface area (Å²) in [5.74, 6) is -0.144. The first-order valence-electron chi connectivity index (χ1n) is 6.46. The number of carbonyl (C=O) groups is 2. The zero-order chi connectivity index (χ0) is 13.6. The van der Waals surface area contributed by atoms with E-state index in [1.165, 1.54) is 4.90 Å². The van der Waals surface area contributed by atoms with Crippen LogP contribution in [0.2, 0.25) is 5.02 Å². The first-order chi connectivity index (χ1) is 9.03. The Morgan fingerprint density at radius 3 is 2.58 bits per heavy atom. The third kappa shape index (κ3) is 1.82. The number of urea groups is 1. The van der Waals surface area contributed by atoms with Crippen LogP contribution in [0.5, 0.6) is 0 Å². The van der Waals surface area contributed by atoms with Gasteiger partial charge in [-0.05, 0) is 37.5 Å². The molecule has 1 aliphatic carbocycles. The minimum absolute atomic E-state index is 0.144. The minimum atomic E-state index is -0.672. The van der Waals surface area contributed by atoms with Crippen molar-refractivity contribution >= 4 is 29.2 Å². The fourth-order valence-corrected chi connectivity index (χ4v) is 3.07. The largest absolute Gasteiger partial charge is 0.329 e. The highest BCUT2D eigenvalue weighted by Crippen LogP contribution is 2.37. The second-order valence-electron chi connectivity index (χ2n) is 5.29. The standard InChI is InChI=1S/C14H15ClN2O2/c1-9-4-5-10(8-11(9)15)17-12(18)14(16-13(17)19)6-2-3-7-14/h4-5,8H,2-3,6-7H2,1H3,(H,16,19). The van der Waals surface area contributed by atoms with Crippen molar-refractivity contribution in [3.63, 3.8) is 0 Å². The van der Waals surface area contributed by atoms with E-state index in [0.29, 0.717) is 10.7 Å². The number of rotatable bonds is 1. The molecule has 1 heterocycles. The highest BCUT2D eigenvalue weighted by Gasteiger charge is 2.52. The number of hydrogen-bond acceptors (Lipinski definition) is 2. The smallest absolute Gasteiger partial charge is 0.323 e. The zero-order valence-corrected chi connectivity index (χ0v) is 11.5. The van der Waals surface area contributed by atoms with E-state index < -0.39 is 5.54 Å². The lowest BCUT2D eigenvalue weighted by Crippen LogP contribution is -2.44. The summed E-state index contributed by atoms with van der Waals surface area (Å²) in [5, 5.41) is 3.42. The molecule has 1 aromatic carbocycles. The highest BCUT2D eigenvalue weighted by atomic mass is 35.5. The van der Waals surface area contributed by atoms with Crippen molar-refractivity contribution in [2.24, 2.45) is 0 Å². The molecule has 0 aromatic heterocycles. The van der Waals surface area contributed by atoms with E-state index in [9.17, 15) is 9.59 Å². The second kappa shape index (κ2) is 4.23. The van der Waals surface area contributed by atoms with Gasteiger partial charge < -0.3 is 5.32 Å². The van der Waals surface area contributed by atoms with Gasteiger partial charge in [-0.1, -0.05) is 30.5 Å². The van der Waals surface area contributed by atoms with Crippen molar-refractivity contribution in [1.29, 1.82) is 0 Å². The van der Waals surface area contributed by atoms with Gasteiger partial charge in [-0.2, -0.15) is 0 Å². The molecule has 2 aliphatic rings. The first kappa shape index (κ1) is 12.5. The predicted octanol–water partition coefficient (Wildman–Crippen LogP) is 3.02. The Hall–Kier alpha value is -1.55. The lowest BCUT2D eigenvalue weighted by molar-refractivity contribution is -0.121. The van der Waals surface area contributed by atoms with Gasteiger partial charge in [0.1, 0.15) is 5.54 Å². The molecule has 4 nitrogen and oxygen atoms in total. The summed E-state index contributed by atoms with van der Waals surface area (Å²) in [6.07, 6.45) is 3.42. The monoisotopic (exact) mass is 278 g/mol. The average molecular weight is 279 g/mol. The Kier molecular flexibility index (Phi) is 2.78. The van der Waals surface area contributed by atoms with E-state index in [-0.39, 0.29) is 11.9 Å². The van der Waals surface area contributed by atoms with Crippen LogP contribution >= 0.6 is 11.6 Å². The topological polar surface area (TPSA) is 49.4 Å². The molecule has 1 saturated carbocycles. The van der Waals surface area contributed by atoms with Crippen LogP contribution in [0.3, 0.4) is 0 Å². The number of nitrogens with one attached hydrogen (secondary N) is 1. The molecule has 1 saturated heterocycles. The third-order valence-corrected chi connectivity index (χ3v) is 4.44. The molecule has 100 valence electrons. The van der Waals surface area contributed by atoms with Gasteiger partial charge in [0.2, 0.25) is 0 Å². The van der Waals surface area contributed by atoms with Gasteiger partial charge in [0.25, 0.3) is 5.91 Å². The molecule has 1 aliphatic heterocycles. The molecule has 0 unspecified atom stereocenters. The molecule has 1 spiro atoms. The van der Waals surface area contributed by atoms with E-state index in [0.717, 1.165) is 31.2 Å².